The van der Waals surface area contributed by atoms with E-state index in [-0.39, 0.29) is 11.9 Å². The summed E-state index contributed by atoms with van der Waals surface area (Å²) >= 11 is 0. The van der Waals surface area contributed by atoms with Gasteiger partial charge in [0.2, 0.25) is 5.91 Å². The summed E-state index contributed by atoms with van der Waals surface area (Å²) in [4.78, 5) is 14.1. The Labute approximate surface area is 128 Å². The maximum absolute atomic E-state index is 11.6. The monoisotopic (exact) mass is 288 g/mol. The third-order valence-electron chi connectivity index (χ3n) is 4.09. The van der Waals surface area contributed by atoms with Crippen LogP contribution in [0.1, 0.15) is 58.1 Å². The summed E-state index contributed by atoms with van der Waals surface area (Å²) in [6.07, 6.45) is 4.84. The molecule has 1 fully saturated rings. The lowest BCUT2D eigenvalue weighted by molar-refractivity contribution is -0.119. The number of hydrogen-bond acceptors (Lipinski definition) is 2. The number of carbonyl (C=O) groups excluding carboxylic acids is 1. The predicted molar refractivity (Wildman–Crippen MR) is 88.5 cm³/mol. The predicted octanol–water partition coefficient (Wildman–Crippen LogP) is 3.90. The second kappa shape index (κ2) is 7.48. The highest BCUT2D eigenvalue weighted by Gasteiger charge is 2.21. The van der Waals surface area contributed by atoms with E-state index in [1.807, 2.05) is 0 Å². The van der Waals surface area contributed by atoms with Gasteiger partial charge in [0.05, 0.1) is 6.04 Å². The highest BCUT2D eigenvalue weighted by atomic mass is 16.1. The maximum atomic E-state index is 11.6. The Morgan fingerprint density at radius 3 is 2.48 bits per heavy atom. The van der Waals surface area contributed by atoms with Gasteiger partial charge in [0.15, 0.2) is 0 Å². The van der Waals surface area contributed by atoms with Gasteiger partial charge in [0.25, 0.3) is 0 Å². The van der Waals surface area contributed by atoms with Crippen LogP contribution >= 0.6 is 0 Å². The van der Waals surface area contributed by atoms with Crippen LogP contribution in [0, 0.1) is 5.92 Å². The highest BCUT2D eigenvalue weighted by molar-refractivity contribution is 5.74. The number of nitrogens with one attached hydrogen (secondary N) is 1. The first-order valence-corrected chi connectivity index (χ1v) is 8.19. The third kappa shape index (κ3) is 4.48. The van der Waals surface area contributed by atoms with Crippen LogP contribution in [-0.2, 0) is 4.79 Å². The zero-order valence-electron chi connectivity index (χ0n) is 13.6. The number of rotatable bonds is 5. The van der Waals surface area contributed by atoms with E-state index in [9.17, 15) is 4.79 Å². The lowest BCUT2D eigenvalue weighted by atomic mass is 9.94. The molecule has 0 aromatic heterocycles. The largest absolute Gasteiger partial charge is 0.371 e. The van der Waals surface area contributed by atoms with Crippen molar-refractivity contribution in [3.05, 3.63) is 29.8 Å². The standard InChI is InChI=1S/C18H28N2O/c1-14(2)13-17(19-15(3)21)16-9-5-6-10-18(16)20-11-7-4-8-12-20/h5-6,9-10,14,17H,4,7-8,11-13H2,1-3H3,(H,19,21)/t17-/m1/s1. The van der Waals surface area contributed by atoms with Crippen molar-refractivity contribution in [1.29, 1.82) is 0 Å². The normalized spacial score (nSPS) is 16.9. The highest BCUT2D eigenvalue weighted by Crippen LogP contribution is 2.31. The second-order valence-electron chi connectivity index (χ2n) is 6.49. The minimum atomic E-state index is 0.0501. The van der Waals surface area contributed by atoms with Crippen molar-refractivity contribution in [3.63, 3.8) is 0 Å². The van der Waals surface area contributed by atoms with E-state index in [1.165, 1.54) is 30.5 Å². The number of anilines is 1. The van der Waals surface area contributed by atoms with Gasteiger partial charge in [-0.05, 0) is 43.2 Å². The summed E-state index contributed by atoms with van der Waals surface area (Å²) in [6.45, 7) is 8.28. The van der Waals surface area contributed by atoms with E-state index in [1.54, 1.807) is 6.92 Å². The SMILES string of the molecule is CC(=O)N[C@H](CC(C)C)c1ccccc1N1CCCCC1. The molecular weight excluding hydrogens is 260 g/mol. The third-order valence-corrected chi connectivity index (χ3v) is 4.09. The van der Waals surface area contributed by atoms with Gasteiger partial charge < -0.3 is 10.2 Å². The fourth-order valence-corrected chi connectivity index (χ4v) is 3.19. The summed E-state index contributed by atoms with van der Waals surface area (Å²) in [5.41, 5.74) is 2.57. The molecule has 3 heteroatoms. The number of hydrogen-bond donors (Lipinski definition) is 1. The number of amides is 1. The average molecular weight is 288 g/mol. The van der Waals surface area contributed by atoms with Crippen LogP contribution in [0.25, 0.3) is 0 Å². The average Bonchev–Trinajstić information content (AvgIpc) is 2.46. The molecule has 116 valence electrons. The van der Waals surface area contributed by atoms with E-state index >= 15 is 0 Å². The molecule has 0 radical (unpaired) electrons. The van der Waals surface area contributed by atoms with Crippen LogP contribution in [0.5, 0.6) is 0 Å². The molecule has 1 atom stereocenters. The van der Waals surface area contributed by atoms with Crippen LogP contribution in [-0.4, -0.2) is 19.0 Å². The number of carbonyl (C=O) groups is 1. The Kier molecular flexibility index (Phi) is 5.66. The molecule has 0 aliphatic carbocycles. The first-order valence-electron chi connectivity index (χ1n) is 8.19. The summed E-state index contributed by atoms with van der Waals surface area (Å²) in [6, 6.07) is 8.68. The molecule has 1 heterocycles. The summed E-state index contributed by atoms with van der Waals surface area (Å²) in [5, 5.41) is 3.14. The van der Waals surface area contributed by atoms with E-state index in [0.29, 0.717) is 5.92 Å². The molecule has 1 aromatic carbocycles. The van der Waals surface area contributed by atoms with Crippen molar-refractivity contribution in [2.75, 3.05) is 18.0 Å². The molecule has 1 amide bonds. The fourth-order valence-electron chi connectivity index (χ4n) is 3.19. The lowest BCUT2D eigenvalue weighted by Crippen LogP contribution is -2.33. The molecule has 1 aromatic rings. The molecule has 0 spiro atoms. The molecule has 21 heavy (non-hydrogen) atoms. The van der Waals surface area contributed by atoms with Crippen LogP contribution in [0.3, 0.4) is 0 Å². The van der Waals surface area contributed by atoms with Crippen LogP contribution in [0.15, 0.2) is 24.3 Å². The van der Waals surface area contributed by atoms with E-state index < -0.39 is 0 Å². The van der Waals surface area contributed by atoms with Gasteiger partial charge >= 0.3 is 0 Å². The zero-order valence-corrected chi connectivity index (χ0v) is 13.6. The van der Waals surface area contributed by atoms with Gasteiger partial charge in [-0.3, -0.25) is 4.79 Å². The van der Waals surface area contributed by atoms with Gasteiger partial charge in [-0.2, -0.15) is 0 Å². The van der Waals surface area contributed by atoms with Crippen molar-refractivity contribution >= 4 is 11.6 Å². The minimum Gasteiger partial charge on any atom is -0.371 e. The van der Waals surface area contributed by atoms with Crippen LogP contribution < -0.4 is 10.2 Å². The molecular formula is C18H28N2O. The lowest BCUT2D eigenvalue weighted by Gasteiger charge is -2.33. The van der Waals surface area contributed by atoms with Gasteiger partial charge in [0.1, 0.15) is 0 Å². The molecule has 0 saturated carbocycles. The second-order valence-corrected chi connectivity index (χ2v) is 6.49. The van der Waals surface area contributed by atoms with E-state index in [4.69, 9.17) is 0 Å². The molecule has 1 aliphatic rings. The van der Waals surface area contributed by atoms with Crippen LogP contribution in [0.4, 0.5) is 5.69 Å². The Morgan fingerprint density at radius 2 is 1.86 bits per heavy atom. The summed E-state index contributed by atoms with van der Waals surface area (Å²) in [7, 11) is 0. The Hall–Kier alpha value is -1.51. The van der Waals surface area contributed by atoms with E-state index in [2.05, 4.69) is 48.3 Å². The maximum Gasteiger partial charge on any atom is 0.217 e. The van der Waals surface area contributed by atoms with Crippen molar-refractivity contribution < 1.29 is 4.79 Å². The van der Waals surface area contributed by atoms with Gasteiger partial charge in [-0.25, -0.2) is 0 Å². The van der Waals surface area contributed by atoms with E-state index in [0.717, 1.165) is 19.5 Å². The molecule has 0 bridgehead atoms. The number of para-hydroxylation sites is 1. The molecule has 3 nitrogen and oxygen atoms in total. The summed E-state index contributed by atoms with van der Waals surface area (Å²) < 4.78 is 0. The molecule has 0 unspecified atom stereocenters. The Morgan fingerprint density at radius 1 is 1.19 bits per heavy atom. The van der Waals surface area contributed by atoms with Crippen molar-refractivity contribution in [2.24, 2.45) is 5.92 Å². The van der Waals surface area contributed by atoms with Crippen molar-refractivity contribution in [1.82, 2.24) is 5.32 Å². The van der Waals surface area contributed by atoms with Gasteiger partial charge in [-0.1, -0.05) is 32.0 Å². The number of benzene rings is 1. The van der Waals surface area contributed by atoms with Crippen LogP contribution in [0.2, 0.25) is 0 Å². The number of piperidine rings is 1. The molecule has 1 N–H and O–H groups in total. The quantitative estimate of drug-likeness (QED) is 0.891. The first kappa shape index (κ1) is 15.9. The minimum absolute atomic E-state index is 0.0501. The van der Waals surface area contributed by atoms with Crippen molar-refractivity contribution in [2.45, 2.75) is 52.5 Å². The fraction of sp³-hybridized carbons (Fsp3) is 0.611. The molecule has 2 rings (SSSR count). The molecule has 1 saturated heterocycles. The summed E-state index contributed by atoms with van der Waals surface area (Å²) in [5.74, 6) is 0.602. The zero-order chi connectivity index (χ0) is 15.2. The Bertz CT molecular complexity index is 464. The Balaban J connectivity index is 2.27. The van der Waals surface area contributed by atoms with Crippen molar-refractivity contribution in [3.8, 4) is 0 Å². The van der Waals surface area contributed by atoms with Gasteiger partial charge in [0, 0.05) is 25.7 Å². The first-order chi connectivity index (χ1) is 10.1. The molecule has 1 aliphatic heterocycles. The topological polar surface area (TPSA) is 32.3 Å². The smallest absolute Gasteiger partial charge is 0.217 e. The van der Waals surface area contributed by atoms with Gasteiger partial charge in [-0.15, -0.1) is 0 Å². The number of nitrogens with zero attached hydrogens (tertiary/aromatic N) is 1.